The van der Waals surface area contributed by atoms with Crippen LogP contribution >= 0.6 is 0 Å². The first-order valence-electron chi connectivity index (χ1n) is 9.05. The Morgan fingerprint density at radius 3 is 2.89 bits per heavy atom. The van der Waals surface area contributed by atoms with Crippen LogP contribution in [-0.4, -0.2) is 32.6 Å². The molecule has 2 heterocycles. The number of carbonyl (C=O) groups excluding carboxylic acids is 1. The first-order valence-corrected chi connectivity index (χ1v) is 9.05. The van der Waals surface area contributed by atoms with Crippen molar-refractivity contribution in [3.8, 4) is 11.4 Å². The number of nitrogens with zero attached hydrogens (tertiary/aromatic N) is 4. The first-order chi connectivity index (χ1) is 13.0. The van der Waals surface area contributed by atoms with E-state index in [2.05, 4.69) is 22.4 Å². The summed E-state index contributed by atoms with van der Waals surface area (Å²) in [6, 6.07) is 7.49. The minimum absolute atomic E-state index is 0.128. The molecule has 0 aliphatic carbocycles. The van der Waals surface area contributed by atoms with Gasteiger partial charge in [-0.05, 0) is 32.4 Å². The van der Waals surface area contributed by atoms with E-state index in [1.807, 2.05) is 49.0 Å². The highest BCUT2D eigenvalue weighted by Crippen LogP contribution is 2.19. The smallest absolute Gasteiger partial charge is 0.255 e. The van der Waals surface area contributed by atoms with Crippen LogP contribution in [0.4, 0.5) is 0 Å². The molecule has 3 aromatic rings. The molecule has 0 fully saturated rings. The average Bonchev–Trinajstić information content (AvgIpc) is 3.29. The summed E-state index contributed by atoms with van der Waals surface area (Å²) < 4.78 is 8.84. The van der Waals surface area contributed by atoms with Crippen molar-refractivity contribution in [3.63, 3.8) is 0 Å². The molecule has 0 saturated carbocycles. The molecule has 0 aliphatic rings. The van der Waals surface area contributed by atoms with E-state index >= 15 is 0 Å². The van der Waals surface area contributed by atoms with Crippen LogP contribution in [0.2, 0.25) is 0 Å². The highest BCUT2D eigenvalue weighted by atomic mass is 16.5. The number of ether oxygens (including phenoxy) is 1. The Kier molecular flexibility index (Phi) is 5.59. The molecule has 142 valence electrons. The monoisotopic (exact) mass is 367 g/mol. The third-order valence-electron chi connectivity index (χ3n) is 4.41. The van der Waals surface area contributed by atoms with Crippen LogP contribution in [0.25, 0.3) is 5.69 Å². The maximum absolute atomic E-state index is 12.6. The lowest BCUT2D eigenvalue weighted by atomic mass is 10.1. The second-order valence-electron chi connectivity index (χ2n) is 6.51. The lowest BCUT2D eigenvalue weighted by molar-refractivity contribution is 0.0939. The fourth-order valence-corrected chi connectivity index (χ4v) is 2.90. The molecule has 1 N–H and O–H groups in total. The maximum Gasteiger partial charge on any atom is 0.255 e. The van der Waals surface area contributed by atoms with Gasteiger partial charge in [-0.2, -0.15) is 10.2 Å². The predicted molar refractivity (Wildman–Crippen MR) is 103 cm³/mol. The van der Waals surface area contributed by atoms with E-state index < -0.39 is 0 Å². The normalized spacial score (nSPS) is 12.0. The minimum atomic E-state index is -0.175. The fraction of sp³-hybridized carbons (Fsp3) is 0.350. The number of hydrogen-bond acceptors (Lipinski definition) is 4. The van der Waals surface area contributed by atoms with Gasteiger partial charge in [0.15, 0.2) is 0 Å². The Morgan fingerprint density at radius 2 is 2.15 bits per heavy atom. The van der Waals surface area contributed by atoms with Crippen molar-refractivity contribution in [2.45, 2.75) is 39.8 Å². The van der Waals surface area contributed by atoms with Gasteiger partial charge in [0.1, 0.15) is 5.75 Å². The van der Waals surface area contributed by atoms with E-state index in [1.165, 1.54) is 0 Å². The van der Waals surface area contributed by atoms with Crippen molar-refractivity contribution in [2.75, 3.05) is 7.11 Å². The van der Waals surface area contributed by atoms with Crippen LogP contribution < -0.4 is 10.1 Å². The molecule has 0 radical (unpaired) electrons. The zero-order chi connectivity index (χ0) is 19.4. The molecule has 0 bridgehead atoms. The molecule has 7 heteroatoms. The van der Waals surface area contributed by atoms with Gasteiger partial charge in [0.2, 0.25) is 0 Å². The summed E-state index contributed by atoms with van der Waals surface area (Å²) in [4.78, 5) is 12.6. The molecule has 1 aromatic carbocycles. The Balaban J connectivity index is 1.72. The Morgan fingerprint density at radius 1 is 1.33 bits per heavy atom. The number of benzene rings is 1. The number of amides is 1. The average molecular weight is 367 g/mol. The largest absolute Gasteiger partial charge is 0.497 e. The van der Waals surface area contributed by atoms with Crippen LogP contribution in [-0.2, 0) is 6.54 Å². The van der Waals surface area contributed by atoms with Crippen molar-refractivity contribution >= 4 is 5.91 Å². The summed E-state index contributed by atoms with van der Waals surface area (Å²) >= 11 is 0. The second kappa shape index (κ2) is 8.07. The summed E-state index contributed by atoms with van der Waals surface area (Å²) in [5, 5.41) is 11.8. The standard InChI is InChI=1S/C20H25N5O2/c1-5-9-24-13-19(15(3)23-24)20(26)22-14(2)16-11-21-25(12-16)17-7-6-8-18(10-17)27-4/h6-8,10-14H,5,9H2,1-4H3,(H,22,26)/t14-/m1/s1. The van der Waals surface area contributed by atoms with Crippen LogP contribution in [0.5, 0.6) is 5.75 Å². The third-order valence-corrected chi connectivity index (χ3v) is 4.41. The Bertz CT molecular complexity index is 928. The number of hydrogen-bond donors (Lipinski definition) is 1. The summed E-state index contributed by atoms with van der Waals surface area (Å²) in [7, 11) is 1.63. The second-order valence-corrected chi connectivity index (χ2v) is 6.51. The number of aromatic nitrogens is 4. The molecule has 0 saturated heterocycles. The Labute approximate surface area is 159 Å². The van der Waals surface area contributed by atoms with Crippen LogP contribution in [0, 0.1) is 6.92 Å². The molecule has 2 aromatic heterocycles. The number of aryl methyl sites for hydroxylation is 2. The Hall–Kier alpha value is -3.09. The molecular weight excluding hydrogens is 342 g/mol. The van der Waals surface area contributed by atoms with Crippen molar-refractivity contribution in [3.05, 3.63) is 59.7 Å². The quantitative estimate of drug-likeness (QED) is 0.695. The third kappa shape index (κ3) is 4.19. The number of rotatable bonds is 7. The lowest BCUT2D eigenvalue weighted by Crippen LogP contribution is -2.26. The molecule has 1 amide bonds. The first kappa shape index (κ1) is 18.7. The van der Waals surface area contributed by atoms with Crippen molar-refractivity contribution in [2.24, 2.45) is 0 Å². The van der Waals surface area contributed by atoms with E-state index in [0.29, 0.717) is 5.56 Å². The lowest BCUT2D eigenvalue weighted by Gasteiger charge is -2.11. The summed E-state index contributed by atoms with van der Waals surface area (Å²) in [6.07, 6.45) is 6.45. The van der Waals surface area contributed by atoms with E-state index in [4.69, 9.17) is 4.74 Å². The molecule has 3 rings (SSSR count). The van der Waals surface area contributed by atoms with E-state index in [0.717, 1.165) is 35.7 Å². The zero-order valence-electron chi connectivity index (χ0n) is 16.1. The van der Waals surface area contributed by atoms with Gasteiger partial charge >= 0.3 is 0 Å². The van der Waals surface area contributed by atoms with E-state index in [-0.39, 0.29) is 11.9 Å². The van der Waals surface area contributed by atoms with Gasteiger partial charge in [-0.25, -0.2) is 4.68 Å². The number of methoxy groups -OCH3 is 1. The number of carbonyl (C=O) groups is 1. The molecule has 0 aliphatic heterocycles. The predicted octanol–water partition coefficient (Wildman–Crippen LogP) is 3.29. The summed E-state index contributed by atoms with van der Waals surface area (Å²) in [6.45, 7) is 6.68. The SMILES string of the molecule is CCCn1cc(C(=O)N[C@H](C)c2cnn(-c3cccc(OC)c3)c2)c(C)n1. The van der Waals surface area contributed by atoms with Gasteiger partial charge in [-0.3, -0.25) is 9.48 Å². The maximum atomic E-state index is 12.6. The summed E-state index contributed by atoms with van der Waals surface area (Å²) in [5.41, 5.74) is 3.16. The zero-order valence-corrected chi connectivity index (χ0v) is 16.1. The molecule has 1 atom stereocenters. The van der Waals surface area contributed by atoms with Crippen LogP contribution in [0.15, 0.2) is 42.9 Å². The highest BCUT2D eigenvalue weighted by Gasteiger charge is 2.17. The molecular formula is C20H25N5O2. The fourth-order valence-electron chi connectivity index (χ4n) is 2.90. The van der Waals surface area contributed by atoms with Gasteiger partial charge in [-0.1, -0.05) is 13.0 Å². The van der Waals surface area contributed by atoms with Crippen LogP contribution in [0.1, 0.15) is 47.9 Å². The van der Waals surface area contributed by atoms with E-state index in [9.17, 15) is 4.79 Å². The van der Waals surface area contributed by atoms with Gasteiger partial charge in [0.25, 0.3) is 5.91 Å². The van der Waals surface area contributed by atoms with Crippen molar-refractivity contribution < 1.29 is 9.53 Å². The van der Waals surface area contributed by atoms with Gasteiger partial charge in [0.05, 0.1) is 36.3 Å². The molecule has 0 unspecified atom stereocenters. The van der Waals surface area contributed by atoms with Crippen molar-refractivity contribution in [1.82, 2.24) is 24.9 Å². The molecule has 0 spiro atoms. The molecule has 7 nitrogen and oxygen atoms in total. The summed E-state index contributed by atoms with van der Waals surface area (Å²) in [5.74, 6) is 0.641. The molecule has 27 heavy (non-hydrogen) atoms. The minimum Gasteiger partial charge on any atom is -0.497 e. The van der Waals surface area contributed by atoms with Gasteiger partial charge in [0, 0.05) is 30.6 Å². The highest BCUT2D eigenvalue weighted by molar-refractivity contribution is 5.95. The van der Waals surface area contributed by atoms with Crippen molar-refractivity contribution in [1.29, 1.82) is 0 Å². The number of nitrogens with one attached hydrogen (secondary N) is 1. The van der Waals surface area contributed by atoms with Gasteiger partial charge < -0.3 is 10.1 Å². The van der Waals surface area contributed by atoms with Gasteiger partial charge in [-0.15, -0.1) is 0 Å². The topological polar surface area (TPSA) is 74.0 Å². The van der Waals surface area contributed by atoms with E-state index in [1.54, 1.807) is 24.2 Å². The van der Waals surface area contributed by atoms with Crippen LogP contribution in [0.3, 0.4) is 0 Å².